The Morgan fingerprint density at radius 1 is 0.913 bits per heavy atom. The molecule has 0 heterocycles. The molecule has 0 spiro atoms. The number of rotatable bonds is 5. The van der Waals surface area contributed by atoms with E-state index in [1.807, 2.05) is 13.8 Å². The molecule has 0 aliphatic carbocycles. The average Bonchev–Trinajstić information content (AvgIpc) is 2.54. The van der Waals surface area contributed by atoms with Crippen LogP contribution in [0, 0.1) is 11.7 Å². The van der Waals surface area contributed by atoms with Gasteiger partial charge in [0.25, 0.3) is 11.8 Å². The van der Waals surface area contributed by atoms with Crippen LogP contribution in [0.1, 0.15) is 34.6 Å². The number of carbonyl (C=O) groups is 2. The van der Waals surface area contributed by atoms with E-state index in [4.69, 9.17) is 0 Å². The Labute approximate surface area is 134 Å². The summed E-state index contributed by atoms with van der Waals surface area (Å²) in [6, 6.07) is 11.9. The Morgan fingerprint density at radius 3 is 2.00 bits per heavy atom. The highest BCUT2D eigenvalue weighted by atomic mass is 19.1. The summed E-state index contributed by atoms with van der Waals surface area (Å²) >= 11 is 0. The van der Waals surface area contributed by atoms with Gasteiger partial charge in [-0.2, -0.15) is 0 Å². The Kier molecular flexibility index (Phi) is 5.46. The molecule has 0 radical (unpaired) electrons. The normalized spacial score (nSPS) is 10.4. The smallest absolute Gasteiger partial charge is 0.255 e. The number of carbonyl (C=O) groups excluding carboxylic acids is 2. The van der Waals surface area contributed by atoms with Crippen LogP contribution in [0.2, 0.25) is 0 Å². The van der Waals surface area contributed by atoms with Gasteiger partial charge in [0.2, 0.25) is 0 Å². The first-order chi connectivity index (χ1) is 11.0. The number of benzene rings is 2. The molecule has 4 nitrogen and oxygen atoms in total. The highest BCUT2D eigenvalue weighted by Crippen LogP contribution is 2.12. The van der Waals surface area contributed by atoms with Crippen molar-refractivity contribution in [1.82, 2.24) is 5.32 Å². The quantitative estimate of drug-likeness (QED) is 0.888. The fourth-order valence-electron chi connectivity index (χ4n) is 1.91. The zero-order chi connectivity index (χ0) is 16.8. The fourth-order valence-corrected chi connectivity index (χ4v) is 1.91. The molecule has 0 bridgehead atoms. The third-order valence-electron chi connectivity index (χ3n) is 3.18. The van der Waals surface area contributed by atoms with Gasteiger partial charge in [0.15, 0.2) is 0 Å². The summed E-state index contributed by atoms with van der Waals surface area (Å²) < 4.78 is 12.8. The topological polar surface area (TPSA) is 58.2 Å². The molecule has 2 rings (SSSR count). The molecule has 0 aliphatic rings. The predicted molar refractivity (Wildman–Crippen MR) is 88.0 cm³/mol. The Hall–Kier alpha value is -2.69. The molecule has 2 aromatic carbocycles. The third-order valence-corrected chi connectivity index (χ3v) is 3.18. The van der Waals surface area contributed by atoms with E-state index in [1.54, 1.807) is 24.3 Å². The van der Waals surface area contributed by atoms with Crippen molar-refractivity contribution in [3.63, 3.8) is 0 Å². The molecule has 120 valence electrons. The van der Waals surface area contributed by atoms with Crippen LogP contribution in [0.4, 0.5) is 10.1 Å². The summed E-state index contributed by atoms with van der Waals surface area (Å²) in [5, 5.41) is 5.53. The molecular weight excluding hydrogens is 295 g/mol. The zero-order valence-electron chi connectivity index (χ0n) is 13.1. The molecule has 0 saturated carbocycles. The van der Waals surface area contributed by atoms with Crippen molar-refractivity contribution in [2.75, 3.05) is 11.9 Å². The lowest BCUT2D eigenvalue weighted by atomic mass is 10.1. The van der Waals surface area contributed by atoms with E-state index in [0.717, 1.165) is 0 Å². The number of nitrogens with one attached hydrogen (secondary N) is 2. The SMILES string of the molecule is CC(C)CNC(=O)c1ccc(NC(=O)c2ccc(F)cc2)cc1. The molecule has 0 aromatic heterocycles. The zero-order valence-corrected chi connectivity index (χ0v) is 13.1. The summed E-state index contributed by atoms with van der Waals surface area (Å²) in [6.45, 7) is 4.66. The van der Waals surface area contributed by atoms with Crippen LogP contribution in [-0.4, -0.2) is 18.4 Å². The second-order valence-electron chi connectivity index (χ2n) is 5.64. The van der Waals surface area contributed by atoms with E-state index in [2.05, 4.69) is 10.6 Å². The number of hydrogen-bond donors (Lipinski definition) is 2. The minimum atomic E-state index is -0.390. The summed E-state index contributed by atoms with van der Waals surface area (Å²) in [7, 11) is 0. The molecule has 0 aliphatic heterocycles. The van der Waals surface area contributed by atoms with Crippen LogP contribution in [-0.2, 0) is 0 Å². The molecule has 0 saturated heterocycles. The van der Waals surface area contributed by atoms with Crippen LogP contribution >= 0.6 is 0 Å². The van der Waals surface area contributed by atoms with E-state index in [1.165, 1.54) is 24.3 Å². The molecule has 0 fully saturated rings. The molecular formula is C18H19FN2O2. The van der Waals surface area contributed by atoms with Gasteiger partial charge in [-0.3, -0.25) is 9.59 Å². The minimum absolute atomic E-state index is 0.143. The van der Waals surface area contributed by atoms with Gasteiger partial charge in [-0.05, 0) is 54.4 Å². The fraction of sp³-hybridized carbons (Fsp3) is 0.222. The first-order valence-electron chi connectivity index (χ1n) is 7.41. The van der Waals surface area contributed by atoms with Gasteiger partial charge in [0.05, 0.1) is 0 Å². The first kappa shape index (κ1) is 16.7. The van der Waals surface area contributed by atoms with E-state index < -0.39 is 5.82 Å². The first-order valence-corrected chi connectivity index (χ1v) is 7.41. The third kappa shape index (κ3) is 4.92. The Balaban J connectivity index is 1.98. The van der Waals surface area contributed by atoms with E-state index in [0.29, 0.717) is 29.3 Å². The van der Waals surface area contributed by atoms with E-state index in [9.17, 15) is 14.0 Å². The molecule has 0 unspecified atom stereocenters. The summed E-state index contributed by atoms with van der Waals surface area (Å²) in [6.07, 6.45) is 0. The summed E-state index contributed by atoms with van der Waals surface area (Å²) in [4.78, 5) is 23.9. The van der Waals surface area contributed by atoms with Crippen LogP contribution in [0.15, 0.2) is 48.5 Å². The number of hydrogen-bond acceptors (Lipinski definition) is 2. The van der Waals surface area contributed by atoms with Gasteiger partial charge >= 0.3 is 0 Å². The molecule has 0 atom stereocenters. The summed E-state index contributed by atoms with van der Waals surface area (Å²) in [5.41, 5.74) is 1.47. The van der Waals surface area contributed by atoms with E-state index >= 15 is 0 Å². The van der Waals surface area contributed by atoms with Crippen molar-refractivity contribution in [2.45, 2.75) is 13.8 Å². The lowest BCUT2D eigenvalue weighted by Gasteiger charge is -2.09. The van der Waals surface area contributed by atoms with Crippen LogP contribution in [0.25, 0.3) is 0 Å². The van der Waals surface area contributed by atoms with Gasteiger partial charge in [0.1, 0.15) is 5.82 Å². The van der Waals surface area contributed by atoms with Gasteiger partial charge in [-0.1, -0.05) is 13.8 Å². The maximum absolute atomic E-state index is 12.8. The maximum atomic E-state index is 12.8. The number of anilines is 1. The van der Waals surface area contributed by atoms with Gasteiger partial charge in [0, 0.05) is 23.4 Å². The molecule has 2 aromatic rings. The largest absolute Gasteiger partial charge is 0.352 e. The number of halogens is 1. The molecule has 23 heavy (non-hydrogen) atoms. The van der Waals surface area contributed by atoms with Crippen molar-refractivity contribution < 1.29 is 14.0 Å². The van der Waals surface area contributed by atoms with Crippen LogP contribution in [0.5, 0.6) is 0 Å². The van der Waals surface area contributed by atoms with Crippen molar-refractivity contribution >= 4 is 17.5 Å². The van der Waals surface area contributed by atoms with Crippen molar-refractivity contribution in [3.8, 4) is 0 Å². The van der Waals surface area contributed by atoms with Crippen molar-refractivity contribution in [3.05, 3.63) is 65.5 Å². The van der Waals surface area contributed by atoms with Crippen molar-refractivity contribution in [1.29, 1.82) is 0 Å². The lowest BCUT2D eigenvalue weighted by molar-refractivity contribution is 0.0948. The Morgan fingerprint density at radius 2 is 1.43 bits per heavy atom. The highest BCUT2D eigenvalue weighted by molar-refractivity contribution is 6.04. The van der Waals surface area contributed by atoms with E-state index in [-0.39, 0.29) is 11.8 Å². The average molecular weight is 314 g/mol. The van der Waals surface area contributed by atoms with Gasteiger partial charge in [-0.25, -0.2) is 4.39 Å². The number of amides is 2. The van der Waals surface area contributed by atoms with Gasteiger partial charge in [-0.15, -0.1) is 0 Å². The molecule has 2 amide bonds. The molecule has 5 heteroatoms. The second kappa shape index (κ2) is 7.54. The lowest BCUT2D eigenvalue weighted by Crippen LogP contribution is -2.27. The second-order valence-corrected chi connectivity index (χ2v) is 5.64. The van der Waals surface area contributed by atoms with Crippen LogP contribution in [0.3, 0.4) is 0 Å². The Bertz CT molecular complexity index is 679. The van der Waals surface area contributed by atoms with Gasteiger partial charge < -0.3 is 10.6 Å². The van der Waals surface area contributed by atoms with Crippen LogP contribution < -0.4 is 10.6 Å². The predicted octanol–water partition coefficient (Wildman–Crippen LogP) is 3.46. The maximum Gasteiger partial charge on any atom is 0.255 e. The molecule has 2 N–H and O–H groups in total. The minimum Gasteiger partial charge on any atom is -0.352 e. The monoisotopic (exact) mass is 314 g/mol. The standard InChI is InChI=1S/C18H19FN2O2/c1-12(2)11-20-17(22)13-5-9-16(10-6-13)21-18(23)14-3-7-15(19)8-4-14/h3-10,12H,11H2,1-2H3,(H,20,22)(H,21,23). The highest BCUT2D eigenvalue weighted by Gasteiger charge is 2.08. The van der Waals surface area contributed by atoms with Crippen molar-refractivity contribution in [2.24, 2.45) is 5.92 Å². The summed E-state index contributed by atoms with van der Waals surface area (Å²) in [5.74, 6) is -0.483.